The lowest BCUT2D eigenvalue weighted by molar-refractivity contribution is -0.136. The van der Waals surface area contributed by atoms with Crippen LogP contribution in [0.1, 0.15) is 44.9 Å². The Bertz CT molecular complexity index is 622. The Labute approximate surface area is 129 Å². The molecule has 0 aromatic carbocycles. The highest BCUT2D eigenvalue weighted by Gasteiger charge is 2.30. The summed E-state index contributed by atoms with van der Waals surface area (Å²) in [6, 6.07) is 0. The van der Waals surface area contributed by atoms with Crippen LogP contribution in [0.2, 0.25) is 0 Å². The molecule has 1 N–H and O–H groups in total. The molecule has 7 heteroatoms. The van der Waals surface area contributed by atoms with Gasteiger partial charge in [0.25, 0.3) is 0 Å². The second-order valence-electron chi connectivity index (χ2n) is 5.83. The number of hydrogen-bond acceptors (Lipinski definition) is 5. The summed E-state index contributed by atoms with van der Waals surface area (Å²) in [5.41, 5.74) is 0. The van der Waals surface area contributed by atoms with Gasteiger partial charge in [0, 0.05) is 31.4 Å². The molecule has 1 aliphatic rings. The molecule has 0 aliphatic carbocycles. The zero-order valence-electron chi connectivity index (χ0n) is 13.0. The number of hydrogen-bond donors (Lipinski definition) is 1. The number of carbonyl (C=O) groups is 1. The van der Waals surface area contributed by atoms with E-state index in [4.69, 9.17) is 4.52 Å². The quantitative estimate of drug-likeness (QED) is 0.935. The molecule has 3 heterocycles. The number of imidazole rings is 1. The van der Waals surface area contributed by atoms with E-state index in [9.17, 15) is 4.79 Å². The van der Waals surface area contributed by atoms with Gasteiger partial charge in [-0.2, -0.15) is 4.98 Å². The van der Waals surface area contributed by atoms with Crippen LogP contribution in [0, 0.1) is 5.92 Å². The Morgan fingerprint density at radius 2 is 2.45 bits per heavy atom. The van der Waals surface area contributed by atoms with Crippen LogP contribution >= 0.6 is 0 Å². The van der Waals surface area contributed by atoms with Crippen LogP contribution in [0.25, 0.3) is 11.6 Å². The maximum atomic E-state index is 12.3. The molecule has 0 spiro atoms. The number of nitrogens with one attached hydrogen (secondary N) is 1. The first-order valence-electron chi connectivity index (χ1n) is 7.81. The lowest BCUT2D eigenvalue weighted by Crippen LogP contribution is -2.41. The zero-order chi connectivity index (χ0) is 15.5. The molecule has 1 amide bonds. The van der Waals surface area contributed by atoms with Gasteiger partial charge < -0.3 is 14.4 Å². The molecule has 2 aromatic rings. The SMILES string of the molecule is CC[C@H](C)C(=O)N1CCC[C@@H](c2nc(-c3ncc[nH]3)no2)C1. The Kier molecular flexibility index (Phi) is 4.22. The Morgan fingerprint density at radius 3 is 3.18 bits per heavy atom. The fourth-order valence-corrected chi connectivity index (χ4v) is 2.75. The zero-order valence-corrected chi connectivity index (χ0v) is 13.0. The fraction of sp³-hybridized carbons (Fsp3) is 0.600. The number of carbonyl (C=O) groups excluding carboxylic acids is 1. The number of H-pyrrole nitrogens is 1. The van der Waals surface area contributed by atoms with Crippen LogP contribution in [0.15, 0.2) is 16.9 Å². The molecule has 1 fully saturated rings. The van der Waals surface area contributed by atoms with Gasteiger partial charge in [-0.3, -0.25) is 4.79 Å². The maximum absolute atomic E-state index is 12.3. The summed E-state index contributed by atoms with van der Waals surface area (Å²) in [6.07, 6.45) is 6.16. The molecule has 3 rings (SSSR count). The van der Waals surface area contributed by atoms with Crippen LogP contribution < -0.4 is 0 Å². The Morgan fingerprint density at radius 1 is 1.59 bits per heavy atom. The number of aromatic nitrogens is 4. The summed E-state index contributed by atoms with van der Waals surface area (Å²) in [4.78, 5) is 25.8. The summed E-state index contributed by atoms with van der Waals surface area (Å²) in [6.45, 7) is 5.49. The van der Waals surface area contributed by atoms with E-state index >= 15 is 0 Å². The van der Waals surface area contributed by atoms with Crippen LogP contribution in [0.3, 0.4) is 0 Å². The molecule has 7 nitrogen and oxygen atoms in total. The van der Waals surface area contributed by atoms with Gasteiger partial charge in [0.1, 0.15) is 0 Å². The molecule has 1 aliphatic heterocycles. The van der Waals surface area contributed by atoms with E-state index in [0.29, 0.717) is 24.1 Å². The molecule has 2 atom stereocenters. The van der Waals surface area contributed by atoms with Crippen molar-refractivity contribution in [3.05, 3.63) is 18.3 Å². The van der Waals surface area contributed by atoms with Crippen molar-refractivity contribution in [2.45, 2.75) is 39.0 Å². The predicted molar refractivity (Wildman–Crippen MR) is 79.9 cm³/mol. The van der Waals surface area contributed by atoms with Gasteiger partial charge in [-0.1, -0.05) is 19.0 Å². The number of aromatic amines is 1. The molecule has 0 saturated carbocycles. The van der Waals surface area contributed by atoms with Crippen LogP contribution in [-0.2, 0) is 4.79 Å². The first-order valence-corrected chi connectivity index (χ1v) is 7.81. The number of piperidine rings is 1. The van der Waals surface area contributed by atoms with Gasteiger partial charge in [0.15, 0.2) is 5.82 Å². The number of rotatable bonds is 4. The molecule has 0 bridgehead atoms. The topological polar surface area (TPSA) is 87.9 Å². The van der Waals surface area contributed by atoms with Gasteiger partial charge in [-0.25, -0.2) is 4.98 Å². The van der Waals surface area contributed by atoms with Crippen molar-refractivity contribution in [3.8, 4) is 11.6 Å². The predicted octanol–water partition coefficient (Wildman–Crippen LogP) is 2.21. The van der Waals surface area contributed by atoms with E-state index in [-0.39, 0.29) is 17.7 Å². The van der Waals surface area contributed by atoms with Gasteiger partial charge in [0.2, 0.25) is 17.6 Å². The van der Waals surface area contributed by atoms with Crippen LogP contribution in [0.4, 0.5) is 0 Å². The maximum Gasteiger partial charge on any atom is 0.238 e. The van der Waals surface area contributed by atoms with Crippen molar-refractivity contribution in [2.24, 2.45) is 5.92 Å². The molecule has 2 aromatic heterocycles. The Balaban J connectivity index is 1.71. The molecule has 22 heavy (non-hydrogen) atoms. The third-order valence-corrected chi connectivity index (χ3v) is 4.27. The van der Waals surface area contributed by atoms with Crippen molar-refractivity contribution < 1.29 is 9.32 Å². The van der Waals surface area contributed by atoms with Crippen LogP contribution in [0.5, 0.6) is 0 Å². The second kappa shape index (κ2) is 6.29. The largest absolute Gasteiger partial charge is 0.342 e. The summed E-state index contributed by atoms with van der Waals surface area (Å²) in [5, 5.41) is 3.97. The van der Waals surface area contributed by atoms with Gasteiger partial charge in [0.05, 0.1) is 5.92 Å². The van der Waals surface area contributed by atoms with Crippen LogP contribution in [-0.4, -0.2) is 44.0 Å². The highest BCUT2D eigenvalue weighted by Crippen LogP contribution is 2.27. The lowest BCUT2D eigenvalue weighted by Gasteiger charge is -2.32. The monoisotopic (exact) mass is 303 g/mol. The van der Waals surface area contributed by atoms with E-state index in [0.717, 1.165) is 25.8 Å². The molecular formula is C15H21N5O2. The highest BCUT2D eigenvalue weighted by atomic mass is 16.5. The normalized spacial score (nSPS) is 20.1. The average Bonchev–Trinajstić information content (AvgIpc) is 3.24. The fourth-order valence-electron chi connectivity index (χ4n) is 2.75. The lowest BCUT2D eigenvalue weighted by atomic mass is 9.96. The summed E-state index contributed by atoms with van der Waals surface area (Å²) >= 11 is 0. The molecular weight excluding hydrogens is 282 g/mol. The smallest absolute Gasteiger partial charge is 0.238 e. The summed E-state index contributed by atoms with van der Waals surface area (Å²) in [7, 11) is 0. The Hall–Kier alpha value is -2.18. The standard InChI is InChI=1S/C15H21N5O2/c1-3-10(2)15(21)20-8-4-5-11(9-20)14-18-13(19-22-14)12-16-6-7-17-12/h6-7,10-11H,3-5,8-9H2,1-2H3,(H,16,17)/t10-,11+/m0/s1. The van der Waals surface area contributed by atoms with Crippen molar-refractivity contribution in [1.82, 2.24) is 25.0 Å². The average molecular weight is 303 g/mol. The van der Waals surface area contributed by atoms with Crippen molar-refractivity contribution >= 4 is 5.91 Å². The third kappa shape index (κ3) is 2.88. The first kappa shape index (κ1) is 14.7. The third-order valence-electron chi connectivity index (χ3n) is 4.27. The molecule has 0 radical (unpaired) electrons. The van der Waals surface area contributed by atoms with Gasteiger partial charge in [-0.05, 0) is 19.3 Å². The van der Waals surface area contributed by atoms with E-state index in [1.165, 1.54) is 0 Å². The molecule has 118 valence electrons. The highest BCUT2D eigenvalue weighted by molar-refractivity contribution is 5.78. The second-order valence-corrected chi connectivity index (χ2v) is 5.83. The van der Waals surface area contributed by atoms with Gasteiger partial charge in [-0.15, -0.1) is 0 Å². The van der Waals surface area contributed by atoms with E-state index in [1.54, 1.807) is 12.4 Å². The van der Waals surface area contributed by atoms with Crippen molar-refractivity contribution in [1.29, 1.82) is 0 Å². The van der Waals surface area contributed by atoms with E-state index < -0.39 is 0 Å². The number of likely N-dealkylation sites (tertiary alicyclic amines) is 1. The summed E-state index contributed by atoms with van der Waals surface area (Å²) in [5.74, 6) is 2.05. The minimum atomic E-state index is 0.0696. The van der Waals surface area contributed by atoms with E-state index in [1.807, 2.05) is 18.7 Å². The minimum Gasteiger partial charge on any atom is -0.342 e. The summed E-state index contributed by atoms with van der Waals surface area (Å²) < 4.78 is 5.38. The minimum absolute atomic E-state index is 0.0696. The van der Waals surface area contributed by atoms with Crippen molar-refractivity contribution in [3.63, 3.8) is 0 Å². The number of nitrogens with zero attached hydrogens (tertiary/aromatic N) is 4. The van der Waals surface area contributed by atoms with E-state index in [2.05, 4.69) is 20.1 Å². The number of amides is 1. The van der Waals surface area contributed by atoms with Gasteiger partial charge >= 0.3 is 0 Å². The first-order chi connectivity index (χ1) is 10.7. The molecule has 0 unspecified atom stereocenters. The van der Waals surface area contributed by atoms with Crippen molar-refractivity contribution in [2.75, 3.05) is 13.1 Å². The molecule has 1 saturated heterocycles.